The fourth-order valence-corrected chi connectivity index (χ4v) is 5.41. The third-order valence-corrected chi connectivity index (χ3v) is 7.83. The van der Waals surface area contributed by atoms with Crippen molar-refractivity contribution in [3.8, 4) is 11.5 Å². The predicted octanol–water partition coefficient (Wildman–Crippen LogP) is 5.81. The molecule has 7 heteroatoms. The van der Waals surface area contributed by atoms with Gasteiger partial charge >= 0.3 is 0 Å². The SMILES string of the molecule is O=C1CCC(c2ccc(Oc3ccc(C(=O)N4CCN(Cc5ccc(Cl)cc5)CC4)cc3)c(CO)c2)CC1. The molecule has 1 heterocycles. The van der Waals surface area contributed by atoms with Crippen LogP contribution in [0, 0.1) is 0 Å². The number of aliphatic hydroxyl groups is 1. The van der Waals surface area contributed by atoms with Gasteiger partial charge in [-0.2, -0.15) is 0 Å². The zero-order valence-corrected chi connectivity index (χ0v) is 22.2. The molecule has 0 atom stereocenters. The first-order chi connectivity index (χ1) is 18.5. The van der Waals surface area contributed by atoms with Crippen molar-refractivity contribution in [2.24, 2.45) is 0 Å². The Hall–Kier alpha value is -3.19. The largest absolute Gasteiger partial charge is 0.457 e. The van der Waals surface area contributed by atoms with Gasteiger partial charge in [-0.1, -0.05) is 29.8 Å². The van der Waals surface area contributed by atoms with E-state index in [9.17, 15) is 14.7 Å². The molecule has 6 nitrogen and oxygen atoms in total. The number of carbonyl (C=O) groups excluding carboxylic acids is 2. The van der Waals surface area contributed by atoms with Gasteiger partial charge in [0, 0.05) is 61.7 Å². The van der Waals surface area contributed by atoms with Crippen molar-refractivity contribution in [3.63, 3.8) is 0 Å². The number of ketones is 1. The summed E-state index contributed by atoms with van der Waals surface area (Å²) in [5.41, 5.74) is 3.71. The standard InChI is InChI=1S/C31H33ClN2O4/c32-27-8-1-22(2-9-27)20-33-15-17-34(18-16-33)31(37)24-5-12-29(13-6-24)38-30-14-7-25(19-26(30)21-35)23-3-10-28(36)11-4-23/h1-2,5-9,12-14,19,23,35H,3-4,10-11,15-18,20-21H2. The summed E-state index contributed by atoms with van der Waals surface area (Å²) in [5, 5.41) is 10.7. The molecule has 0 unspecified atom stereocenters. The van der Waals surface area contributed by atoms with Gasteiger partial charge in [0.05, 0.1) is 6.61 Å². The van der Waals surface area contributed by atoms with Crippen LogP contribution in [0.15, 0.2) is 66.7 Å². The molecule has 198 valence electrons. The highest BCUT2D eigenvalue weighted by molar-refractivity contribution is 6.30. The summed E-state index contributed by atoms with van der Waals surface area (Å²) in [6.45, 7) is 3.75. The van der Waals surface area contributed by atoms with Crippen molar-refractivity contribution in [1.29, 1.82) is 0 Å². The van der Waals surface area contributed by atoms with Crippen molar-refractivity contribution in [2.75, 3.05) is 26.2 Å². The minimum Gasteiger partial charge on any atom is -0.457 e. The number of hydrogen-bond acceptors (Lipinski definition) is 5. The van der Waals surface area contributed by atoms with E-state index in [4.69, 9.17) is 16.3 Å². The molecule has 0 bridgehead atoms. The summed E-state index contributed by atoms with van der Waals surface area (Å²) in [4.78, 5) is 28.9. The monoisotopic (exact) mass is 532 g/mol. The quantitative estimate of drug-likeness (QED) is 0.416. The average molecular weight is 533 g/mol. The Morgan fingerprint density at radius 2 is 1.61 bits per heavy atom. The maximum Gasteiger partial charge on any atom is 0.253 e. The first-order valence-electron chi connectivity index (χ1n) is 13.3. The molecular formula is C31H33ClN2O4. The van der Waals surface area contributed by atoms with Crippen molar-refractivity contribution >= 4 is 23.3 Å². The van der Waals surface area contributed by atoms with E-state index in [1.54, 1.807) is 24.3 Å². The number of nitrogens with zero attached hydrogens (tertiary/aromatic N) is 2. The lowest BCUT2D eigenvalue weighted by molar-refractivity contribution is -0.120. The Labute approximate surface area is 228 Å². The van der Waals surface area contributed by atoms with Gasteiger partial charge in [-0.15, -0.1) is 0 Å². The van der Waals surface area contributed by atoms with E-state index in [-0.39, 0.29) is 12.5 Å². The zero-order valence-electron chi connectivity index (χ0n) is 21.4. The van der Waals surface area contributed by atoms with Gasteiger partial charge in [0.2, 0.25) is 0 Å². The molecule has 1 aliphatic heterocycles. The molecule has 1 N–H and O–H groups in total. The smallest absolute Gasteiger partial charge is 0.253 e. The van der Waals surface area contributed by atoms with E-state index in [1.165, 1.54) is 5.56 Å². The maximum absolute atomic E-state index is 13.1. The second-order valence-corrected chi connectivity index (χ2v) is 10.6. The van der Waals surface area contributed by atoms with Crippen LogP contribution in [0.4, 0.5) is 0 Å². The van der Waals surface area contributed by atoms with E-state index in [2.05, 4.69) is 4.90 Å². The molecule has 1 saturated carbocycles. The highest BCUT2D eigenvalue weighted by Crippen LogP contribution is 2.35. The second-order valence-electron chi connectivity index (χ2n) is 10.2. The molecule has 0 spiro atoms. The number of halogens is 1. The molecule has 3 aromatic carbocycles. The highest BCUT2D eigenvalue weighted by atomic mass is 35.5. The van der Waals surface area contributed by atoms with Crippen LogP contribution in [0.5, 0.6) is 11.5 Å². The van der Waals surface area contributed by atoms with Crippen molar-refractivity contribution in [2.45, 2.75) is 44.8 Å². The molecule has 0 aromatic heterocycles. The third-order valence-electron chi connectivity index (χ3n) is 7.58. The summed E-state index contributed by atoms with van der Waals surface area (Å²) in [6, 6.07) is 21.0. The van der Waals surface area contributed by atoms with Gasteiger partial charge < -0.3 is 14.7 Å². The Bertz CT molecular complexity index is 1260. The minimum absolute atomic E-state index is 0.0223. The maximum atomic E-state index is 13.1. The number of hydrogen-bond donors (Lipinski definition) is 1. The first kappa shape index (κ1) is 26.4. The molecule has 1 amide bonds. The van der Waals surface area contributed by atoms with Crippen LogP contribution < -0.4 is 4.74 Å². The molecule has 0 radical (unpaired) electrons. The number of Topliss-reactive ketones (excluding diaryl/α,β-unsaturated/α-hetero) is 1. The number of aliphatic hydroxyl groups excluding tert-OH is 1. The van der Waals surface area contributed by atoms with E-state index < -0.39 is 0 Å². The summed E-state index contributed by atoms with van der Waals surface area (Å²) in [6.07, 6.45) is 2.97. The number of rotatable bonds is 7. The molecule has 1 saturated heterocycles. The van der Waals surface area contributed by atoms with Gasteiger partial charge in [-0.3, -0.25) is 14.5 Å². The van der Waals surface area contributed by atoms with Gasteiger partial charge in [0.1, 0.15) is 17.3 Å². The van der Waals surface area contributed by atoms with Crippen molar-refractivity contribution in [3.05, 3.63) is 94.0 Å². The predicted molar refractivity (Wildman–Crippen MR) is 148 cm³/mol. The minimum atomic E-state index is -0.130. The molecule has 1 aliphatic carbocycles. The number of amides is 1. The Morgan fingerprint density at radius 3 is 2.26 bits per heavy atom. The summed E-state index contributed by atoms with van der Waals surface area (Å²) < 4.78 is 6.06. The Balaban J connectivity index is 1.16. The van der Waals surface area contributed by atoms with Crippen molar-refractivity contribution in [1.82, 2.24) is 9.80 Å². The lowest BCUT2D eigenvalue weighted by Crippen LogP contribution is -2.48. The number of ether oxygens (including phenoxy) is 1. The van der Waals surface area contributed by atoms with Crippen LogP contribution in [-0.4, -0.2) is 52.8 Å². The number of carbonyl (C=O) groups is 2. The zero-order chi connectivity index (χ0) is 26.5. The lowest BCUT2D eigenvalue weighted by atomic mass is 9.83. The summed E-state index contributed by atoms with van der Waals surface area (Å²) >= 11 is 5.98. The first-order valence-corrected chi connectivity index (χ1v) is 13.7. The van der Waals surface area contributed by atoms with E-state index in [1.807, 2.05) is 47.4 Å². The number of benzene rings is 3. The van der Waals surface area contributed by atoms with Gasteiger partial charge in [0.15, 0.2) is 0 Å². The van der Waals surface area contributed by atoms with Crippen LogP contribution in [0.25, 0.3) is 0 Å². The third kappa shape index (κ3) is 6.44. The fraction of sp³-hybridized carbons (Fsp3) is 0.355. The van der Waals surface area contributed by atoms with Crippen LogP contribution in [0.2, 0.25) is 5.02 Å². The topological polar surface area (TPSA) is 70.1 Å². The van der Waals surface area contributed by atoms with Gasteiger partial charge in [-0.05, 0) is 78.4 Å². The molecule has 3 aromatic rings. The lowest BCUT2D eigenvalue weighted by Gasteiger charge is -2.34. The summed E-state index contributed by atoms with van der Waals surface area (Å²) in [5.74, 6) is 1.91. The second kappa shape index (κ2) is 12.1. The Kier molecular flexibility index (Phi) is 8.42. The summed E-state index contributed by atoms with van der Waals surface area (Å²) in [7, 11) is 0. The van der Waals surface area contributed by atoms with Gasteiger partial charge in [0.25, 0.3) is 5.91 Å². The average Bonchev–Trinajstić information content (AvgIpc) is 2.95. The Morgan fingerprint density at radius 1 is 0.921 bits per heavy atom. The number of piperazine rings is 1. The van der Waals surface area contributed by atoms with Crippen LogP contribution in [-0.2, 0) is 17.9 Å². The van der Waals surface area contributed by atoms with E-state index >= 15 is 0 Å². The van der Waals surface area contributed by atoms with Crippen LogP contribution in [0.1, 0.15) is 58.6 Å². The van der Waals surface area contributed by atoms with Crippen LogP contribution >= 0.6 is 11.6 Å². The van der Waals surface area contributed by atoms with E-state index in [0.717, 1.165) is 48.6 Å². The van der Waals surface area contributed by atoms with Gasteiger partial charge in [-0.25, -0.2) is 0 Å². The molecule has 2 fully saturated rings. The molecule has 2 aliphatic rings. The normalized spacial score (nSPS) is 17.0. The fourth-order valence-electron chi connectivity index (χ4n) is 5.28. The molecule has 38 heavy (non-hydrogen) atoms. The van der Waals surface area contributed by atoms with Crippen LogP contribution in [0.3, 0.4) is 0 Å². The molecular weight excluding hydrogens is 500 g/mol. The molecule has 5 rings (SSSR count). The van der Waals surface area contributed by atoms with E-state index in [0.29, 0.717) is 54.7 Å². The van der Waals surface area contributed by atoms with Crippen molar-refractivity contribution < 1.29 is 19.4 Å². The highest BCUT2D eigenvalue weighted by Gasteiger charge is 2.23.